The Labute approximate surface area is 172 Å². The van der Waals surface area contributed by atoms with E-state index < -0.39 is 0 Å². The first-order valence-electron chi connectivity index (χ1n) is 9.68. The fraction of sp³-hybridized carbons (Fsp3) is 0.217. The molecule has 2 N–H and O–H groups in total. The normalized spacial score (nSPS) is 17.2. The van der Waals surface area contributed by atoms with Gasteiger partial charge in [-0.25, -0.2) is 4.39 Å². The Morgan fingerprint density at radius 3 is 2.76 bits per heavy atom. The molecule has 0 bridgehead atoms. The summed E-state index contributed by atoms with van der Waals surface area (Å²) in [5.74, 6) is 0.309. The molecule has 6 heteroatoms. The van der Waals surface area contributed by atoms with Gasteiger partial charge in [-0.05, 0) is 61.3 Å². The number of aromatic nitrogens is 2. The summed E-state index contributed by atoms with van der Waals surface area (Å²) >= 11 is 1.81. The van der Waals surface area contributed by atoms with Crippen LogP contribution in [0.5, 0.6) is 0 Å². The van der Waals surface area contributed by atoms with Gasteiger partial charge in [-0.3, -0.25) is 0 Å². The van der Waals surface area contributed by atoms with Crippen LogP contribution >= 0.6 is 11.3 Å². The maximum Gasteiger partial charge on any atom is 0.146 e. The number of hydrogen-bond donors (Lipinski definition) is 1. The lowest BCUT2D eigenvalue weighted by molar-refractivity contribution is 0.324. The zero-order chi connectivity index (χ0) is 20.0. The second kappa shape index (κ2) is 7.21. The average Bonchev–Trinajstić information content (AvgIpc) is 3.07. The van der Waals surface area contributed by atoms with Crippen LogP contribution in [0.3, 0.4) is 0 Å². The zero-order valence-electron chi connectivity index (χ0n) is 16.1. The largest absolute Gasteiger partial charge is 0.382 e. The minimum Gasteiger partial charge on any atom is -0.382 e. The smallest absolute Gasteiger partial charge is 0.146 e. The predicted octanol–water partition coefficient (Wildman–Crippen LogP) is 5.05. The van der Waals surface area contributed by atoms with Gasteiger partial charge in [0.1, 0.15) is 11.6 Å². The molecule has 0 saturated carbocycles. The van der Waals surface area contributed by atoms with Crippen molar-refractivity contribution in [2.24, 2.45) is 0 Å². The minimum atomic E-state index is -0.207. The van der Waals surface area contributed by atoms with Crippen LogP contribution in [0.25, 0.3) is 21.3 Å². The summed E-state index contributed by atoms with van der Waals surface area (Å²) in [5, 5.41) is 9.21. The number of thiophene rings is 1. The number of benzene rings is 2. The molecule has 29 heavy (non-hydrogen) atoms. The molecular weight excluding hydrogens is 383 g/mol. The molecule has 3 heterocycles. The van der Waals surface area contributed by atoms with Crippen molar-refractivity contribution in [1.82, 2.24) is 15.1 Å². The number of anilines is 1. The van der Waals surface area contributed by atoms with Crippen molar-refractivity contribution in [3.05, 3.63) is 76.4 Å². The number of hydrogen-bond acceptors (Lipinski definition) is 5. The highest BCUT2D eigenvalue weighted by Crippen LogP contribution is 2.41. The Hall–Kier alpha value is -2.83. The molecule has 1 aliphatic rings. The van der Waals surface area contributed by atoms with Gasteiger partial charge in [-0.2, -0.15) is 0 Å². The second-order valence-corrected chi connectivity index (χ2v) is 8.72. The van der Waals surface area contributed by atoms with Crippen LogP contribution in [-0.2, 0) is 6.54 Å². The number of nitrogens with zero attached hydrogens (tertiary/aromatic N) is 3. The van der Waals surface area contributed by atoms with Crippen LogP contribution in [0.15, 0.2) is 54.6 Å². The predicted molar refractivity (Wildman–Crippen MR) is 116 cm³/mol. The summed E-state index contributed by atoms with van der Waals surface area (Å²) in [7, 11) is 2.05. The minimum absolute atomic E-state index is 0.188. The van der Waals surface area contributed by atoms with E-state index in [1.165, 1.54) is 15.0 Å². The van der Waals surface area contributed by atoms with E-state index >= 15 is 4.39 Å². The van der Waals surface area contributed by atoms with Crippen molar-refractivity contribution in [3.63, 3.8) is 0 Å². The third-order valence-electron chi connectivity index (χ3n) is 5.63. The van der Waals surface area contributed by atoms with Crippen LogP contribution in [-0.4, -0.2) is 28.7 Å². The van der Waals surface area contributed by atoms with Gasteiger partial charge in [0, 0.05) is 33.2 Å². The SMILES string of the molecule is CN1CCC(c2cc3ccccc3s2)c2ccc(-c3ccc(N)nn3)c(F)c2C1. The molecule has 1 atom stereocenters. The number of nitrogens with two attached hydrogens (primary N) is 1. The van der Waals surface area contributed by atoms with E-state index in [4.69, 9.17) is 5.73 Å². The number of rotatable bonds is 2. The first kappa shape index (κ1) is 18.2. The van der Waals surface area contributed by atoms with Crippen molar-refractivity contribution < 1.29 is 4.39 Å². The molecule has 2 aromatic carbocycles. The standard InChI is InChI=1S/C23H21FN4S/c1-28-11-10-16(21-12-14-4-2-3-5-20(14)29-21)15-6-7-17(23(24)18(15)13-28)19-8-9-22(25)27-26-19/h2-9,12,16H,10-11,13H2,1H3,(H2,25,27). The van der Waals surface area contributed by atoms with E-state index in [1.807, 2.05) is 24.5 Å². The first-order valence-corrected chi connectivity index (χ1v) is 10.5. The summed E-state index contributed by atoms with van der Waals surface area (Å²) in [5.41, 5.74) is 8.44. The van der Waals surface area contributed by atoms with Crippen molar-refractivity contribution in [3.8, 4) is 11.3 Å². The highest BCUT2D eigenvalue weighted by Gasteiger charge is 2.27. The van der Waals surface area contributed by atoms with Gasteiger partial charge in [0.25, 0.3) is 0 Å². The van der Waals surface area contributed by atoms with E-state index in [2.05, 4.69) is 51.5 Å². The molecule has 0 aliphatic carbocycles. The summed E-state index contributed by atoms with van der Waals surface area (Å²) in [6, 6.07) is 18.0. The van der Waals surface area contributed by atoms with Crippen molar-refractivity contribution >= 4 is 27.2 Å². The van der Waals surface area contributed by atoms with Crippen LogP contribution in [0.2, 0.25) is 0 Å². The highest BCUT2D eigenvalue weighted by atomic mass is 32.1. The van der Waals surface area contributed by atoms with Crippen molar-refractivity contribution in [1.29, 1.82) is 0 Å². The molecule has 2 aromatic heterocycles. The molecule has 4 aromatic rings. The Bertz CT molecular complexity index is 1150. The molecular formula is C23H21FN4S. The molecule has 0 spiro atoms. The van der Waals surface area contributed by atoms with E-state index in [0.29, 0.717) is 23.6 Å². The van der Waals surface area contributed by atoms with Gasteiger partial charge < -0.3 is 10.6 Å². The molecule has 0 amide bonds. The second-order valence-electron chi connectivity index (χ2n) is 7.60. The van der Waals surface area contributed by atoms with Gasteiger partial charge in [0.2, 0.25) is 0 Å². The first-order chi connectivity index (χ1) is 14.1. The van der Waals surface area contributed by atoms with E-state index in [9.17, 15) is 0 Å². The molecule has 4 nitrogen and oxygen atoms in total. The van der Waals surface area contributed by atoms with E-state index in [-0.39, 0.29) is 11.7 Å². The Balaban J connectivity index is 1.64. The molecule has 1 unspecified atom stereocenters. The third-order valence-corrected chi connectivity index (χ3v) is 6.86. The summed E-state index contributed by atoms with van der Waals surface area (Å²) in [4.78, 5) is 3.48. The lowest BCUT2D eigenvalue weighted by Crippen LogP contribution is -2.18. The molecule has 0 radical (unpaired) electrons. The maximum absolute atomic E-state index is 15.7. The van der Waals surface area contributed by atoms with Crippen molar-refractivity contribution in [2.45, 2.75) is 18.9 Å². The van der Waals surface area contributed by atoms with Gasteiger partial charge in [0.15, 0.2) is 0 Å². The third kappa shape index (κ3) is 3.28. The molecule has 0 saturated heterocycles. The molecule has 0 fully saturated rings. The van der Waals surface area contributed by atoms with Gasteiger partial charge in [-0.15, -0.1) is 21.5 Å². The summed E-state index contributed by atoms with van der Waals surface area (Å²) in [6.45, 7) is 1.50. The van der Waals surface area contributed by atoms with Crippen LogP contribution in [0, 0.1) is 5.82 Å². The molecule has 1 aliphatic heterocycles. The van der Waals surface area contributed by atoms with Gasteiger partial charge >= 0.3 is 0 Å². The molecule has 5 rings (SSSR count). The van der Waals surface area contributed by atoms with Gasteiger partial charge in [0.05, 0.1) is 5.69 Å². The monoisotopic (exact) mass is 404 g/mol. The summed E-state index contributed by atoms with van der Waals surface area (Å²) in [6.07, 6.45) is 0.969. The lowest BCUT2D eigenvalue weighted by Gasteiger charge is -2.18. The van der Waals surface area contributed by atoms with E-state index in [0.717, 1.165) is 24.1 Å². The van der Waals surface area contributed by atoms with Crippen LogP contribution in [0.1, 0.15) is 28.3 Å². The number of nitrogen functional groups attached to an aromatic ring is 1. The lowest BCUT2D eigenvalue weighted by atomic mass is 9.89. The van der Waals surface area contributed by atoms with Crippen molar-refractivity contribution in [2.75, 3.05) is 19.3 Å². The van der Waals surface area contributed by atoms with Crippen LogP contribution < -0.4 is 5.73 Å². The fourth-order valence-corrected chi connectivity index (χ4v) is 5.35. The Kier molecular flexibility index (Phi) is 4.53. The van der Waals surface area contributed by atoms with Crippen LogP contribution in [0.4, 0.5) is 10.2 Å². The topological polar surface area (TPSA) is 55.0 Å². The van der Waals surface area contributed by atoms with Gasteiger partial charge in [-0.1, -0.05) is 24.3 Å². The maximum atomic E-state index is 15.7. The van der Waals surface area contributed by atoms with E-state index in [1.54, 1.807) is 12.1 Å². The molecule has 146 valence electrons. The average molecular weight is 405 g/mol. The summed E-state index contributed by atoms with van der Waals surface area (Å²) < 4.78 is 16.9. The Morgan fingerprint density at radius 1 is 1.10 bits per heavy atom. The number of halogens is 1. The number of fused-ring (bicyclic) bond motifs is 2. The Morgan fingerprint density at radius 2 is 1.97 bits per heavy atom. The quantitative estimate of drug-likeness (QED) is 0.508. The zero-order valence-corrected chi connectivity index (χ0v) is 16.9. The highest BCUT2D eigenvalue weighted by molar-refractivity contribution is 7.19. The fourth-order valence-electron chi connectivity index (χ4n) is 4.13.